The normalized spacial score (nSPS) is 14.4. The van der Waals surface area contributed by atoms with Crippen LogP contribution in [0.4, 0.5) is 10.3 Å². The molecule has 1 aliphatic rings. The number of carbonyl (C=O) groups excluding carboxylic acids is 1. The molecule has 0 aliphatic carbocycles. The Labute approximate surface area is 180 Å². The summed E-state index contributed by atoms with van der Waals surface area (Å²) in [6.45, 7) is 1.74. The Morgan fingerprint density at radius 1 is 1.10 bits per heavy atom. The van der Waals surface area contributed by atoms with Crippen LogP contribution < -0.4 is 15.8 Å². The molecule has 6 nitrogen and oxygen atoms in total. The third-order valence-electron chi connectivity index (χ3n) is 5.45. The lowest BCUT2D eigenvalue weighted by Gasteiger charge is -2.21. The summed E-state index contributed by atoms with van der Waals surface area (Å²) < 4.78 is 14.0. The predicted molar refractivity (Wildman–Crippen MR) is 117 cm³/mol. The average Bonchev–Trinajstić information content (AvgIpc) is 3.30. The van der Waals surface area contributed by atoms with Gasteiger partial charge in [-0.15, -0.1) is 0 Å². The average molecular weight is 420 g/mol. The highest BCUT2D eigenvalue weighted by atomic mass is 19.1. The molecule has 1 unspecified atom stereocenters. The first-order valence-electron chi connectivity index (χ1n) is 10.5. The fourth-order valence-electron chi connectivity index (χ4n) is 3.88. The number of hydrogen-bond acceptors (Lipinski definition) is 4. The summed E-state index contributed by atoms with van der Waals surface area (Å²) in [5.41, 5.74) is 1.63. The molecule has 0 radical (unpaired) electrons. The van der Waals surface area contributed by atoms with Crippen molar-refractivity contribution in [3.63, 3.8) is 0 Å². The fourth-order valence-corrected chi connectivity index (χ4v) is 3.88. The summed E-state index contributed by atoms with van der Waals surface area (Å²) in [7, 11) is 0. The van der Waals surface area contributed by atoms with Crippen molar-refractivity contribution in [3.05, 3.63) is 93.7 Å². The van der Waals surface area contributed by atoms with Gasteiger partial charge < -0.3 is 10.2 Å². The smallest absolute Gasteiger partial charge is 0.252 e. The zero-order valence-electron chi connectivity index (χ0n) is 17.2. The number of aromatic nitrogens is 2. The Morgan fingerprint density at radius 2 is 1.81 bits per heavy atom. The van der Waals surface area contributed by atoms with Gasteiger partial charge in [0.15, 0.2) is 0 Å². The number of benzene rings is 2. The first kappa shape index (κ1) is 20.8. The molecule has 1 aromatic heterocycles. The molecule has 1 aliphatic heterocycles. The van der Waals surface area contributed by atoms with E-state index in [0.717, 1.165) is 31.5 Å². The molecule has 7 heteroatoms. The van der Waals surface area contributed by atoms with Gasteiger partial charge in [0, 0.05) is 25.6 Å². The lowest BCUT2D eigenvalue weighted by Crippen LogP contribution is -2.32. The Morgan fingerprint density at radius 3 is 2.55 bits per heavy atom. The Bertz CT molecular complexity index is 1090. The molecule has 0 bridgehead atoms. The van der Waals surface area contributed by atoms with E-state index in [2.05, 4.69) is 20.2 Å². The van der Waals surface area contributed by atoms with Crippen LogP contribution in [0.2, 0.25) is 0 Å². The number of halogens is 1. The molecule has 0 saturated carbocycles. The van der Waals surface area contributed by atoms with Crippen molar-refractivity contribution in [1.82, 2.24) is 15.3 Å². The van der Waals surface area contributed by atoms with Gasteiger partial charge >= 0.3 is 0 Å². The maximum absolute atomic E-state index is 14.0. The van der Waals surface area contributed by atoms with Crippen molar-refractivity contribution < 1.29 is 9.18 Å². The van der Waals surface area contributed by atoms with E-state index in [1.807, 2.05) is 30.3 Å². The predicted octanol–water partition coefficient (Wildman–Crippen LogP) is 3.15. The molecule has 0 spiro atoms. The molecule has 1 amide bonds. The summed E-state index contributed by atoms with van der Waals surface area (Å²) in [6, 6.07) is 16.9. The molecule has 160 valence electrons. The van der Waals surface area contributed by atoms with E-state index >= 15 is 0 Å². The lowest BCUT2D eigenvalue weighted by atomic mass is 10.0. The zero-order valence-corrected chi connectivity index (χ0v) is 17.2. The van der Waals surface area contributed by atoms with Crippen LogP contribution in [0.15, 0.2) is 65.5 Å². The minimum atomic E-state index is -0.402. The van der Waals surface area contributed by atoms with Gasteiger partial charge in [-0.25, -0.2) is 9.37 Å². The molecule has 1 saturated heterocycles. The summed E-state index contributed by atoms with van der Waals surface area (Å²) in [5, 5.41) is 2.99. The molecular weight excluding hydrogens is 395 g/mol. The van der Waals surface area contributed by atoms with Crippen LogP contribution >= 0.6 is 0 Å². The van der Waals surface area contributed by atoms with Gasteiger partial charge in [0.1, 0.15) is 5.82 Å². The monoisotopic (exact) mass is 420 g/mol. The van der Waals surface area contributed by atoms with Crippen LogP contribution in [0.25, 0.3) is 0 Å². The molecule has 4 rings (SSSR count). The van der Waals surface area contributed by atoms with Crippen LogP contribution in [0.5, 0.6) is 0 Å². The van der Waals surface area contributed by atoms with Gasteiger partial charge in [0.2, 0.25) is 11.9 Å². The number of carbonyl (C=O) groups is 1. The molecular formula is C24H25FN4O2. The van der Waals surface area contributed by atoms with Gasteiger partial charge in [-0.1, -0.05) is 48.5 Å². The van der Waals surface area contributed by atoms with E-state index in [1.54, 1.807) is 18.2 Å². The Kier molecular flexibility index (Phi) is 6.40. The van der Waals surface area contributed by atoms with Gasteiger partial charge in [-0.3, -0.25) is 14.6 Å². The van der Waals surface area contributed by atoms with Crippen molar-refractivity contribution in [2.45, 2.75) is 31.7 Å². The van der Waals surface area contributed by atoms with Crippen molar-refractivity contribution in [1.29, 1.82) is 0 Å². The first-order valence-corrected chi connectivity index (χ1v) is 10.5. The van der Waals surface area contributed by atoms with Crippen molar-refractivity contribution in [3.8, 4) is 0 Å². The third-order valence-corrected chi connectivity index (χ3v) is 5.45. The second-order valence-electron chi connectivity index (χ2n) is 7.76. The second-order valence-corrected chi connectivity index (χ2v) is 7.76. The van der Waals surface area contributed by atoms with E-state index in [0.29, 0.717) is 23.6 Å². The minimum absolute atomic E-state index is 0.0577. The van der Waals surface area contributed by atoms with Crippen LogP contribution in [0.3, 0.4) is 0 Å². The van der Waals surface area contributed by atoms with Crippen LogP contribution in [0, 0.1) is 5.82 Å². The number of rotatable bonds is 7. The van der Waals surface area contributed by atoms with Gasteiger partial charge in [0.05, 0.1) is 18.2 Å². The standard InChI is InChI=1S/C24H25FN4O2/c25-20-11-5-4-10-18(20)14-22(30)27-21(17-8-2-1-3-9-17)15-19-16-23(31)28-24(26-19)29-12-6-7-13-29/h1-5,8-11,16,21H,6-7,12-15H2,(H,27,30)(H,26,28,31). The van der Waals surface area contributed by atoms with E-state index in [-0.39, 0.29) is 23.9 Å². The third kappa shape index (κ3) is 5.36. The number of anilines is 1. The number of aromatic amines is 1. The number of amides is 1. The van der Waals surface area contributed by atoms with Gasteiger partial charge in [-0.2, -0.15) is 0 Å². The highest BCUT2D eigenvalue weighted by Crippen LogP contribution is 2.20. The fraction of sp³-hybridized carbons (Fsp3) is 0.292. The maximum Gasteiger partial charge on any atom is 0.252 e. The van der Waals surface area contributed by atoms with E-state index in [4.69, 9.17) is 0 Å². The summed E-state index contributed by atoms with van der Waals surface area (Å²) >= 11 is 0. The minimum Gasteiger partial charge on any atom is -0.349 e. The highest BCUT2D eigenvalue weighted by Gasteiger charge is 2.20. The second kappa shape index (κ2) is 9.55. The van der Waals surface area contributed by atoms with E-state index in [9.17, 15) is 14.0 Å². The van der Waals surface area contributed by atoms with E-state index in [1.165, 1.54) is 12.1 Å². The van der Waals surface area contributed by atoms with Crippen LogP contribution in [-0.2, 0) is 17.6 Å². The number of nitrogens with one attached hydrogen (secondary N) is 2. The molecule has 2 N–H and O–H groups in total. The molecule has 1 fully saturated rings. The maximum atomic E-state index is 14.0. The molecule has 3 aromatic rings. The molecule has 1 atom stereocenters. The molecule has 31 heavy (non-hydrogen) atoms. The zero-order chi connectivity index (χ0) is 21.6. The van der Waals surface area contributed by atoms with Crippen LogP contribution in [-0.4, -0.2) is 29.0 Å². The van der Waals surface area contributed by atoms with Crippen molar-refractivity contribution in [2.75, 3.05) is 18.0 Å². The van der Waals surface area contributed by atoms with E-state index < -0.39 is 5.82 Å². The number of hydrogen-bond donors (Lipinski definition) is 2. The summed E-state index contributed by atoms with van der Waals surface area (Å²) in [6.07, 6.45) is 2.45. The SMILES string of the molecule is O=C(Cc1ccccc1F)NC(Cc1cc(=O)[nH]c(N2CCCC2)n1)c1ccccc1. The first-order chi connectivity index (χ1) is 15.1. The summed E-state index contributed by atoms with van der Waals surface area (Å²) in [4.78, 5) is 34.5. The number of nitrogens with zero attached hydrogens (tertiary/aromatic N) is 2. The summed E-state index contributed by atoms with van der Waals surface area (Å²) in [5.74, 6) is -0.117. The Hall–Kier alpha value is -3.48. The van der Waals surface area contributed by atoms with Crippen molar-refractivity contribution in [2.24, 2.45) is 0 Å². The highest BCUT2D eigenvalue weighted by molar-refractivity contribution is 5.79. The lowest BCUT2D eigenvalue weighted by molar-refractivity contribution is -0.121. The number of H-pyrrole nitrogens is 1. The Balaban J connectivity index is 1.55. The van der Waals surface area contributed by atoms with Gasteiger partial charge in [0.25, 0.3) is 5.56 Å². The quantitative estimate of drug-likeness (QED) is 0.616. The van der Waals surface area contributed by atoms with Gasteiger partial charge in [-0.05, 0) is 30.0 Å². The van der Waals surface area contributed by atoms with Crippen LogP contribution in [0.1, 0.15) is 35.7 Å². The topological polar surface area (TPSA) is 78.1 Å². The molecule has 2 heterocycles. The van der Waals surface area contributed by atoms with Crippen molar-refractivity contribution >= 4 is 11.9 Å². The molecule has 2 aromatic carbocycles. The largest absolute Gasteiger partial charge is 0.349 e.